The maximum Gasteiger partial charge on any atom is 0.392 e. The van der Waals surface area contributed by atoms with Crippen LogP contribution in [0.5, 0.6) is 6.08 Å². The normalized spacial score (nSPS) is 12.2. The van der Waals surface area contributed by atoms with Crippen molar-refractivity contribution in [3.8, 4) is 6.08 Å². The van der Waals surface area contributed by atoms with Gasteiger partial charge in [0.2, 0.25) is 0 Å². The zero-order valence-corrected chi connectivity index (χ0v) is 11.7. The predicted octanol–water partition coefficient (Wildman–Crippen LogP) is 0.682. The second-order valence-electron chi connectivity index (χ2n) is 4.81. The summed E-state index contributed by atoms with van der Waals surface area (Å²) >= 11 is 0. The standard InChI is InChI=1S/C14H12N4O5/c19-12(7-1-2-11-9(3-7)18-14(22)23-11)17-10(13(20)21)4-8-5-15-6-16-8/h1-3,5-6,10H,4H2,(H,15,16)(H,17,19)(H,18,22)(H,20,21)/t10-/m0/s1. The van der Waals surface area contributed by atoms with Crippen LogP contribution >= 0.6 is 0 Å². The van der Waals surface area contributed by atoms with Crippen LogP contribution in [0.2, 0.25) is 0 Å². The lowest BCUT2D eigenvalue weighted by Gasteiger charge is -2.13. The molecule has 2 aromatic heterocycles. The van der Waals surface area contributed by atoms with Crippen LogP contribution in [0, 0.1) is 0 Å². The van der Waals surface area contributed by atoms with E-state index < -0.39 is 24.0 Å². The number of nitrogens with one attached hydrogen (secondary N) is 2. The van der Waals surface area contributed by atoms with Crippen LogP contribution in [0.25, 0.3) is 11.1 Å². The van der Waals surface area contributed by atoms with Crippen molar-refractivity contribution < 1.29 is 24.2 Å². The van der Waals surface area contributed by atoms with Gasteiger partial charge in [-0.3, -0.25) is 4.79 Å². The van der Waals surface area contributed by atoms with Crippen molar-refractivity contribution in [1.82, 2.24) is 20.3 Å². The number of aromatic nitrogens is 3. The zero-order chi connectivity index (χ0) is 16.4. The van der Waals surface area contributed by atoms with E-state index in [0.717, 1.165) is 0 Å². The molecule has 23 heavy (non-hydrogen) atoms. The van der Waals surface area contributed by atoms with E-state index in [2.05, 4.69) is 20.3 Å². The first-order valence-corrected chi connectivity index (χ1v) is 6.64. The Kier molecular flexibility index (Phi) is 3.67. The van der Waals surface area contributed by atoms with Crippen molar-refractivity contribution in [2.24, 2.45) is 0 Å². The van der Waals surface area contributed by atoms with E-state index in [4.69, 9.17) is 4.42 Å². The second kappa shape index (κ2) is 5.79. The number of aromatic amines is 1. The molecule has 3 aromatic rings. The van der Waals surface area contributed by atoms with Gasteiger partial charge in [0.15, 0.2) is 5.58 Å². The van der Waals surface area contributed by atoms with Gasteiger partial charge in [-0.25, -0.2) is 9.78 Å². The molecule has 1 aromatic carbocycles. The maximum atomic E-state index is 12.2. The van der Waals surface area contributed by atoms with Crippen molar-refractivity contribution in [2.45, 2.75) is 12.5 Å². The number of oxazole rings is 1. The van der Waals surface area contributed by atoms with E-state index in [0.29, 0.717) is 16.8 Å². The third-order valence-electron chi connectivity index (χ3n) is 3.21. The number of benzene rings is 1. The summed E-state index contributed by atoms with van der Waals surface area (Å²) in [6.45, 7) is 0. The molecule has 1 amide bonds. The Morgan fingerprint density at radius 3 is 2.91 bits per heavy atom. The Bertz CT molecular complexity index is 855. The van der Waals surface area contributed by atoms with Crippen LogP contribution < -0.4 is 5.32 Å². The fourth-order valence-electron chi connectivity index (χ4n) is 2.11. The first-order chi connectivity index (χ1) is 11.0. The molecular weight excluding hydrogens is 304 g/mol. The molecule has 0 saturated carbocycles. The number of carboxylic acids is 1. The smallest absolute Gasteiger partial charge is 0.392 e. The van der Waals surface area contributed by atoms with Crippen molar-refractivity contribution in [3.05, 3.63) is 42.0 Å². The van der Waals surface area contributed by atoms with Gasteiger partial charge in [0.1, 0.15) is 11.6 Å². The van der Waals surface area contributed by atoms with Gasteiger partial charge < -0.3 is 24.9 Å². The first-order valence-electron chi connectivity index (χ1n) is 6.64. The van der Waals surface area contributed by atoms with E-state index >= 15 is 0 Å². The topological polar surface area (TPSA) is 141 Å². The lowest BCUT2D eigenvalue weighted by Crippen LogP contribution is -2.42. The summed E-state index contributed by atoms with van der Waals surface area (Å²) in [5.41, 5.74) is 1.35. The Hall–Kier alpha value is -3.36. The predicted molar refractivity (Wildman–Crippen MR) is 76.9 cm³/mol. The maximum absolute atomic E-state index is 12.2. The van der Waals surface area contributed by atoms with E-state index in [1.165, 1.54) is 24.5 Å². The number of aliphatic carboxylic acids is 1. The monoisotopic (exact) mass is 316 g/mol. The van der Waals surface area contributed by atoms with Crippen molar-refractivity contribution in [1.29, 1.82) is 0 Å². The van der Waals surface area contributed by atoms with E-state index in [1.54, 1.807) is 6.20 Å². The number of H-pyrrole nitrogens is 1. The van der Waals surface area contributed by atoms with Crippen molar-refractivity contribution >= 4 is 23.0 Å². The van der Waals surface area contributed by atoms with Crippen molar-refractivity contribution in [3.63, 3.8) is 0 Å². The molecule has 2 heterocycles. The number of carbonyl (C=O) groups is 2. The summed E-state index contributed by atoms with van der Waals surface area (Å²) < 4.78 is 4.90. The SMILES string of the molecule is O=C(N[C@@H](Cc1c[nH]cn1)C(=O)O)c1ccc2oc(O)nc2c1. The highest BCUT2D eigenvalue weighted by atomic mass is 16.5. The summed E-state index contributed by atoms with van der Waals surface area (Å²) in [7, 11) is 0. The fraction of sp³-hybridized carbons (Fsp3) is 0.143. The van der Waals surface area contributed by atoms with Gasteiger partial charge in [0.05, 0.1) is 12.0 Å². The molecule has 0 unspecified atom stereocenters. The Morgan fingerprint density at radius 2 is 2.22 bits per heavy atom. The average Bonchev–Trinajstić information content (AvgIpc) is 3.13. The number of hydrogen-bond acceptors (Lipinski definition) is 6. The molecule has 4 N–H and O–H groups in total. The van der Waals surface area contributed by atoms with Crippen LogP contribution in [-0.4, -0.2) is 43.1 Å². The second-order valence-corrected chi connectivity index (χ2v) is 4.81. The van der Waals surface area contributed by atoms with Crippen LogP contribution in [0.1, 0.15) is 16.1 Å². The minimum atomic E-state index is -1.17. The highest BCUT2D eigenvalue weighted by molar-refractivity contribution is 5.99. The molecule has 1 atom stereocenters. The van der Waals surface area contributed by atoms with Crippen LogP contribution in [-0.2, 0) is 11.2 Å². The number of aromatic hydroxyl groups is 1. The number of carboxylic acid groups (broad SMARTS) is 1. The van der Waals surface area contributed by atoms with Gasteiger partial charge in [0, 0.05) is 18.2 Å². The average molecular weight is 316 g/mol. The molecule has 118 valence electrons. The Labute approximate surface area is 129 Å². The highest BCUT2D eigenvalue weighted by Crippen LogP contribution is 2.20. The molecule has 0 fully saturated rings. The molecular formula is C14H12N4O5. The number of rotatable bonds is 5. The van der Waals surface area contributed by atoms with Gasteiger partial charge in [0.25, 0.3) is 5.91 Å². The summed E-state index contributed by atoms with van der Waals surface area (Å²) in [6.07, 6.45) is 2.55. The molecule has 3 rings (SSSR count). The minimum absolute atomic E-state index is 0.0531. The number of nitrogens with zero attached hydrogens (tertiary/aromatic N) is 2. The largest absolute Gasteiger partial charge is 0.480 e. The molecule has 9 heteroatoms. The number of imidazole rings is 1. The summed E-state index contributed by atoms with van der Waals surface area (Å²) in [5, 5.41) is 20.8. The Morgan fingerprint density at radius 1 is 1.39 bits per heavy atom. The van der Waals surface area contributed by atoms with Gasteiger partial charge in [-0.15, -0.1) is 0 Å². The first kappa shape index (κ1) is 14.6. The third-order valence-corrected chi connectivity index (χ3v) is 3.21. The highest BCUT2D eigenvalue weighted by Gasteiger charge is 2.22. The summed E-state index contributed by atoms with van der Waals surface area (Å²) in [6, 6.07) is 3.21. The molecule has 0 aliphatic rings. The molecule has 0 aliphatic carbocycles. The quantitative estimate of drug-likeness (QED) is 0.542. The summed E-state index contributed by atoms with van der Waals surface area (Å²) in [4.78, 5) is 33.9. The molecule has 0 bridgehead atoms. The number of amides is 1. The van der Waals surface area contributed by atoms with Gasteiger partial charge in [-0.1, -0.05) is 0 Å². The van der Waals surface area contributed by atoms with E-state index in [9.17, 15) is 19.8 Å². The minimum Gasteiger partial charge on any atom is -0.480 e. The molecule has 9 nitrogen and oxygen atoms in total. The molecule has 0 radical (unpaired) electrons. The lowest BCUT2D eigenvalue weighted by molar-refractivity contribution is -0.139. The Balaban J connectivity index is 1.78. The third kappa shape index (κ3) is 3.12. The molecule has 0 aliphatic heterocycles. The van der Waals surface area contributed by atoms with Crippen LogP contribution in [0.3, 0.4) is 0 Å². The van der Waals surface area contributed by atoms with Crippen molar-refractivity contribution in [2.75, 3.05) is 0 Å². The van der Waals surface area contributed by atoms with Crippen LogP contribution in [0.15, 0.2) is 35.1 Å². The van der Waals surface area contributed by atoms with Crippen LogP contribution in [0.4, 0.5) is 0 Å². The molecule has 0 saturated heterocycles. The number of fused-ring (bicyclic) bond motifs is 1. The molecule has 0 spiro atoms. The zero-order valence-electron chi connectivity index (χ0n) is 11.7. The number of carbonyl (C=O) groups excluding carboxylic acids is 1. The lowest BCUT2D eigenvalue weighted by atomic mass is 10.1. The van der Waals surface area contributed by atoms with Gasteiger partial charge in [-0.2, -0.15) is 4.98 Å². The van der Waals surface area contributed by atoms with Gasteiger partial charge >= 0.3 is 12.0 Å². The number of hydrogen-bond donors (Lipinski definition) is 4. The van der Waals surface area contributed by atoms with Gasteiger partial charge in [-0.05, 0) is 18.2 Å². The van der Waals surface area contributed by atoms with E-state index in [1.807, 2.05) is 0 Å². The summed E-state index contributed by atoms with van der Waals surface area (Å²) in [5.74, 6) is -1.74. The fourth-order valence-corrected chi connectivity index (χ4v) is 2.11. The van der Waals surface area contributed by atoms with E-state index in [-0.39, 0.29) is 12.0 Å².